The van der Waals surface area contributed by atoms with Gasteiger partial charge in [-0.15, -0.1) is 11.7 Å². The van der Waals surface area contributed by atoms with Crippen LogP contribution in [-0.4, -0.2) is 42.0 Å². The van der Waals surface area contributed by atoms with Crippen molar-refractivity contribution < 1.29 is 17.9 Å². The largest absolute Gasteiger partial charge is 0.416 e. The van der Waals surface area contributed by atoms with Crippen molar-refractivity contribution in [2.75, 3.05) is 37.0 Å². The van der Waals surface area contributed by atoms with Gasteiger partial charge >= 0.3 is 6.18 Å². The lowest BCUT2D eigenvalue weighted by Gasteiger charge is -2.26. The maximum absolute atomic E-state index is 13.2. The van der Waals surface area contributed by atoms with E-state index in [0.717, 1.165) is 35.4 Å². The van der Waals surface area contributed by atoms with Gasteiger partial charge in [0.2, 0.25) is 0 Å². The lowest BCUT2D eigenvalue weighted by atomic mass is 9.95. The van der Waals surface area contributed by atoms with E-state index in [1.165, 1.54) is 6.07 Å². The maximum atomic E-state index is 13.2. The summed E-state index contributed by atoms with van der Waals surface area (Å²) in [6.07, 6.45) is -2.45. The van der Waals surface area contributed by atoms with Crippen LogP contribution in [0.3, 0.4) is 0 Å². The molecule has 1 N–H and O–H groups in total. The number of anilines is 2. The van der Waals surface area contributed by atoms with E-state index in [1.54, 1.807) is 13.0 Å². The minimum atomic E-state index is -4.40. The van der Waals surface area contributed by atoms with E-state index < -0.39 is 17.8 Å². The van der Waals surface area contributed by atoms with Gasteiger partial charge in [0.1, 0.15) is 0 Å². The number of aryl methyl sites for hydroxylation is 2. The van der Waals surface area contributed by atoms with Gasteiger partial charge in [0.15, 0.2) is 5.82 Å². The molecule has 1 aliphatic rings. The Morgan fingerprint density at radius 3 is 2.69 bits per heavy atom. The number of rotatable bonds is 7. The average molecular weight is 486 g/mol. The zero-order valence-corrected chi connectivity index (χ0v) is 20.4. The van der Waals surface area contributed by atoms with E-state index in [0.29, 0.717) is 47.6 Å². The highest BCUT2D eigenvalue weighted by Gasteiger charge is 2.31. The molecule has 1 fully saturated rings. The van der Waals surface area contributed by atoms with Crippen LogP contribution in [0.5, 0.6) is 0 Å². The highest BCUT2D eigenvalue weighted by molar-refractivity contribution is 5.93. The summed E-state index contributed by atoms with van der Waals surface area (Å²) in [6.45, 7) is 11.7. The van der Waals surface area contributed by atoms with Gasteiger partial charge in [0.05, 0.1) is 47.4 Å². The van der Waals surface area contributed by atoms with Crippen LogP contribution in [0.15, 0.2) is 43.0 Å². The zero-order valence-electron chi connectivity index (χ0n) is 20.4. The molecule has 3 atom stereocenters. The molecular weight excluding hydrogens is 455 g/mol. The fourth-order valence-corrected chi connectivity index (χ4v) is 4.56. The molecule has 1 aliphatic heterocycles. The zero-order chi connectivity index (χ0) is 25.3. The highest BCUT2D eigenvalue weighted by Crippen LogP contribution is 2.34. The van der Waals surface area contributed by atoms with Crippen molar-refractivity contribution >= 4 is 22.4 Å². The number of halogens is 3. The highest BCUT2D eigenvalue weighted by atomic mass is 19.4. The Hall–Kier alpha value is -3.20. The molecular formula is C26H30F3N5O. The number of aromatic nitrogens is 3. The van der Waals surface area contributed by atoms with Crippen LogP contribution < -0.4 is 10.2 Å². The number of alkyl halides is 3. The Morgan fingerprint density at radius 2 is 1.97 bits per heavy atom. The Labute approximate surface area is 203 Å². The molecule has 0 bridgehead atoms. The van der Waals surface area contributed by atoms with Crippen LogP contribution in [0.25, 0.3) is 10.9 Å². The van der Waals surface area contributed by atoms with E-state index in [4.69, 9.17) is 9.72 Å². The minimum Gasteiger partial charge on any atom is -0.380 e. The first-order valence-corrected chi connectivity index (χ1v) is 11.6. The second kappa shape index (κ2) is 9.81. The van der Waals surface area contributed by atoms with Crippen molar-refractivity contribution in [2.45, 2.75) is 33.0 Å². The van der Waals surface area contributed by atoms with Crippen LogP contribution in [0, 0.1) is 25.7 Å². The number of nitrogens with one attached hydrogen (secondary N) is 1. The van der Waals surface area contributed by atoms with E-state index in [9.17, 15) is 13.2 Å². The molecule has 0 unspecified atom stereocenters. The predicted octanol–water partition coefficient (Wildman–Crippen LogP) is 5.72. The molecule has 4 rings (SSSR count). The first-order chi connectivity index (χ1) is 16.6. The monoisotopic (exact) mass is 485 g/mol. The number of pyridine rings is 1. The van der Waals surface area contributed by atoms with Gasteiger partial charge in [-0.05, 0) is 44.5 Å². The Balaban J connectivity index is 1.66. The van der Waals surface area contributed by atoms with Crippen molar-refractivity contribution in [3.05, 3.63) is 65.5 Å². The summed E-state index contributed by atoms with van der Waals surface area (Å²) in [6, 6.07) is 6.90. The molecule has 2 aromatic heterocycles. The van der Waals surface area contributed by atoms with Crippen LogP contribution in [0.1, 0.15) is 35.5 Å². The molecule has 3 aromatic rings. The van der Waals surface area contributed by atoms with E-state index in [2.05, 4.69) is 27.0 Å². The summed E-state index contributed by atoms with van der Waals surface area (Å²) >= 11 is 0. The van der Waals surface area contributed by atoms with Crippen LogP contribution in [-0.2, 0) is 10.9 Å². The van der Waals surface area contributed by atoms with Gasteiger partial charge < -0.3 is 15.0 Å². The molecule has 0 spiro atoms. The molecule has 1 saturated heterocycles. The van der Waals surface area contributed by atoms with Crippen molar-refractivity contribution in [2.24, 2.45) is 11.8 Å². The molecule has 0 radical (unpaired) electrons. The molecule has 1 aromatic carbocycles. The maximum Gasteiger partial charge on any atom is 0.416 e. The number of nitrogens with zero attached hydrogens (tertiary/aromatic N) is 4. The third kappa shape index (κ3) is 5.24. The summed E-state index contributed by atoms with van der Waals surface area (Å²) < 4.78 is 45.2. The van der Waals surface area contributed by atoms with Gasteiger partial charge in [-0.1, -0.05) is 18.2 Å². The van der Waals surface area contributed by atoms with E-state index >= 15 is 0 Å². The topological polar surface area (TPSA) is 63.2 Å². The molecule has 9 heteroatoms. The van der Waals surface area contributed by atoms with Crippen molar-refractivity contribution in [1.82, 2.24) is 15.2 Å². The van der Waals surface area contributed by atoms with Gasteiger partial charge in [0, 0.05) is 30.8 Å². The van der Waals surface area contributed by atoms with Crippen molar-refractivity contribution in [3.8, 4) is 0 Å². The third-order valence-electron chi connectivity index (χ3n) is 6.62. The Bertz CT molecular complexity index is 1230. The summed E-state index contributed by atoms with van der Waals surface area (Å²) in [7, 11) is 2.02. The van der Waals surface area contributed by atoms with Crippen LogP contribution in [0.4, 0.5) is 24.7 Å². The van der Waals surface area contributed by atoms with Crippen LogP contribution in [0.2, 0.25) is 0 Å². The second-order valence-electron chi connectivity index (χ2n) is 9.19. The smallest absolute Gasteiger partial charge is 0.380 e. The summed E-state index contributed by atoms with van der Waals surface area (Å²) in [5.74, 6) is 1.12. The van der Waals surface area contributed by atoms with Gasteiger partial charge in [0.25, 0.3) is 0 Å². The van der Waals surface area contributed by atoms with Crippen LogP contribution >= 0.6 is 0 Å². The Kier molecular flexibility index (Phi) is 6.98. The predicted molar refractivity (Wildman–Crippen MR) is 132 cm³/mol. The number of hydrogen-bond donors (Lipinski definition) is 1. The first-order valence-electron chi connectivity index (χ1n) is 11.6. The molecule has 0 aliphatic carbocycles. The first kappa shape index (κ1) is 24.9. The van der Waals surface area contributed by atoms with Crippen molar-refractivity contribution in [3.63, 3.8) is 0 Å². The van der Waals surface area contributed by atoms with Gasteiger partial charge in [-0.3, -0.25) is 0 Å². The van der Waals surface area contributed by atoms with Gasteiger partial charge in [-0.25, -0.2) is 4.98 Å². The SMILES string of the molecule is C=C[C@H]1COC[C@H]1CN(C)c1cc2c(N[C@H](C)c3cccc(C(F)(F)F)c3)nnc(C)c2nc1C. The molecule has 35 heavy (non-hydrogen) atoms. The van der Waals surface area contributed by atoms with Crippen molar-refractivity contribution in [1.29, 1.82) is 0 Å². The fraction of sp³-hybridized carbons (Fsp3) is 0.423. The fourth-order valence-electron chi connectivity index (χ4n) is 4.56. The molecule has 3 heterocycles. The van der Waals surface area contributed by atoms with E-state index in [1.807, 2.05) is 33.0 Å². The summed E-state index contributed by atoms with van der Waals surface area (Å²) in [5.41, 5.74) is 3.03. The van der Waals surface area contributed by atoms with Gasteiger partial charge in [-0.2, -0.15) is 18.3 Å². The Morgan fingerprint density at radius 1 is 1.20 bits per heavy atom. The molecule has 186 valence electrons. The number of fused-ring (bicyclic) bond motifs is 1. The number of ether oxygens (including phenoxy) is 1. The summed E-state index contributed by atoms with van der Waals surface area (Å²) in [5, 5.41) is 12.6. The molecule has 0 amide bonds. The second-order valence-corrected chi connectivity index (χ2v) is 9.19. The lowest BCUT2D eigenvalue weighted by molar-refractivity contribution is -0.137. The molecule has 6 nitrogen and oxygen atoms in total. The summed E-state index contributed by atoms with van der Waals surface area (Å²) in [4.78, 5) is 6.97. The third-order valence-corrected chi connectivity index (χ3v) is 6.62. The normalized spacial score (nSPS) is 19.1. The standard InChI is InChI=1S/C26H30F3N5O/c1-6-18-13-35-14-20(18)12-34(5)23-11-22-24(30-16(23)3)17(4)32-33-25(22)31-15(2)19-8-7-9-21(10-19)26(27,28)29/h6-11,15,18,20H,1,12-14H2,2-5H3,(H,31,33)/t15-,18+,20-/m1/s1. The molecule has 0 saturated carbocycles. The lowest BCUT2D eigenvalue weighted by Crippen LogP contribution is -2.29. The minimum absolute atomic E-state index is 0.310. The average Bonchev–Trinajstić information content (AvgIpc) is 3.27. The number of hydrogen-bond acceptors (Lipinski definition) is 6. The number of benzene rings is 1. The quantitative estimate of drug-likeness (QED) is 0.432. The van der Waals surface area contributed by atoms with E-state index in [-0.39, 0.29) is 0 Å².